The molecule has 3 nitrogen and oxygen atoms in total. The Labute approximate surface area is 109 Å². The van der Waals surface area contributed by atoms with E-state index in [9.17, 15) is 5.11 Å². The Morgan fingerprint density at radius 2 is 2.17 bits per heavy atom. The van der Waals surface area contributed by atoms with Crippen molar-refractivity contribution >= 4 is 0 Å². The van der Waals surface area contributed by atoms with E-state index in [-0.39, 0.29) is 0 Å². The van der Waals surface area contributed by atoms with E-state index in [0.717, 1.165) is 30.8 Å². The van der Waals surface area contributed by atoms with Crippen LogP contribution in [0.15, 0.2) is 36.4 Å². The first-order chi connectivity index (χ1) is 8.75. The van der Waals surface area contributed by atoms with E-state index < -0.39 is 6.10 Å². The van der Waals surface area contributed by atoms with E-state index in [0.29, 0.717) is 13.2 Å². The van der Waals surface area contributed by atoms with E-state index in [2.05, 4.69) is 17.1 Å². The van der Waals surface area contributed by atoms with Crippen LogP contribution in [0.5, 0.6) is 5.75 Å². The highest BCUT2D eigenvalue weighted by molar-refractivity contribution is 5.31. The predicted molar refractivity (Wildman–Crippen MR) is 72.9 cm³/mol. The molecule has 1 aliphatic rings. The fraction of sp³-hybridized carbons (Fsp3) is 0.467. The molecule has 98 valence electrons. The average molecular weight is 247 g/mol. The van der Waals surface area contributed by atoms with E-state index in [1.54, 1.807) is 0 Å². The van der Waals surface area contributed by atoms with E-state index in [1.807, 2.05) is 31.2 Å². The third-order valence-electron chi connectivity index (χ3n) is 3.14. The molecule has 0 bridgehead atoms. The van der Waals surface area contributed by atoms with Crippen molar-refractivity contribution < 1.29 is 9.84 Å². The van der Waals surface area contributed by atoms with Crippen LogP contribution in [0.1, 0.15) is 12.0 Å². The van der Waals surface area contributed by atoms with E-state index in [1.165, 1.54) is 0 Å². The number of para-hydroxylation sites is 1. The molecule has 0 aliphatic carbocycles. The van der Waals surface area contributed by atoms with Gasteiger partial charge in [-0.3, -0.25) is 4.90 Å². The highest BCUT2D eigenvalue weighted by Crippen LogP contribution is 2.16. The Hall–Kier alpha value is -1.32. The predicted octanol–water partition coefficient (Wildman–Crippen LogP) is 2.00. The van der Waals surface area contributed by atoms with Crippen molar-refractivity contribution in [3.05, 3.63) is 42.0 Å². The summed E-state index contributed by atoms with van der Waals surface area (Å²) in [5.41, 5.74) is 1.10. The number of aliphatic hydroxyl groups excluding tert-OH is 1. The molecule has 0 radical (unpaired) electrons. The Balaban J connectivity index is 1.76. The van der Waals surface area contributed by atoms with Gasteiger partial charge in [0.15, 0.2) is 0 Å². The van der Waals surface area contributed by atoms with Crippen molar-refractivity contribution in [1.82, 2.24) is 4.90 Å². The molecule has 1 aliphatic heterocycles. The number of β-amino-alcohol motifs (C(OH)–C–C–N with tert-alkyl or cyclic N) is 1. The van der Waals surface area contributed by atoms with Crippen molar-refractivity contribution in [3.63, 3.8) is 0 Å². The monoisotopic (exact) mass is 247 g/mol. The zero-order chi connectivity index (χ0) is 12.8. The fourth-order valence-corrected chi connectivity index (χ4v) is 2.11. The number of benzene rings is 1. The van der Waals surface area contributed by atoms with Gasteiger partial charge in [0.1, 0.15) is 18.5 Å². The minimum Gasteiger partial charge on any atom is -0.491 e. The highest BCUT2D eigenvalue weighted by atomic mass is 16.5. The largest absolute Gasteiger partial charge is 0.491 e. The van der Waals surface area contributed by atoms with Crippen LogP contribution in [-0.4, -0.2) is 42.4 Å². The molecule has 3 heteroatoms. The lowest BCUT2D eigenvalue weighted by Gasteiger charge is -2.25. The lowest BCUT2D eigenvalue weighted by Crippen LogP contribution is -2.37. The normalized spacial score (nSPS) is 17.7. The van der Waals surface area contributed by atoms with Crippen molar-refractivity contribution in [2.45, 2.75) is 19.4 Å². The van der Waals surface area contributed by atoms with E-state index >= 15 is 0 Å². The maximum Gasteiger partial charge on any atom is 0.122 e. The topological polar surface area (TPSA) is 32.7 Å². The molecule has 0 saturated carbocycles. The van der Waals surface area contributed by atoms with Crippen LogP contribution in [0.3, 0.4) is 0 Å². The summed E-state index contributed by atoms with van der Waals surface area (Å²) >= 11 is 0. The van der Waals surface area contributed by atoms with Crippen LogP contribution >= 0.6 is 0 Å². The molecule has 0 aromatic heterocycles. The van der Waals surface area contributed by atoms with Gasteiger partial charge < -0.3 is 9.84 Å². The van der Waals surface area contributed by atoms with Gasteiger partial charge in [0.2, 0.25) is 0 Å². The van der Waals surface area contributed by atoms with Gasteiger partial charge in [-0.1, -0.05) is 30.4 Å². The van der Waals surface area contributed by atoms with Crippen molar-refractivity contribution in [1.29, 1.82) is 0 Å². The second kappa shape index (κ2) is 6.57. The fourth-order valence-electron chi connectivity index (χ4n) is 2.11. The molecule has 1 atom stereocenters. The number of rotatable bonds is 5. The van der Waals surface area contributed by atoms with Gasteiger partial charge in [-0.05, 0) is 25.0 Å². The van der Waals surface area contributed by atoms with Crippen LogP contribution in [-0.2, 0) is 0 Å². The third-order valence-corrected chi connectivity index (χ3v) is 3.14. The third kappa shape index (κ3) is 3.86. The van der Waals surface area contributed by atoms with Crippen LogP contribution in [0.2, 0.25) is 0 Å². The SMILES string of the molecule is Cc1ccccc1OC[C@H](O)CN1CC=CCC1. The Morgan fingerprint density at radius 3 is 2.89 bits per heavy atom. The molecule has 0 saturated heterocycles. The lowest BCUT2D eigenvalue weighted by molar-refractivity contribution is 0.0711. The summed E-state index contributed by atoms with van der Waals surface area (Å²) in [5, 5.41) is 9.96. The zero-order valence-electron chi connectivity index (χ0n) is 10.9. The van der Waals surface area contributed by atoms with Crippen LogP contribution in [0, 0.1) is 6.92 Å². The summed E-state index contributed by atoms with van der Waals surface area (Å²) in [4.78, 5) is 2.24. The number of hydrogen-bond donors (Lipinski definition) is 1. The molecular formula is C15H21NO2. The molecular weight excluding hydrogens is 226 g/mol. The first kappa shape index (κ1) is 13.1. The van der Waals surface area contributed by atoms with Gasteiger partial charge in [0, 0.05) is 19.6 Å². The summed E-state index contributed by atoms with van der Waals surface area (Å²) in [5.74, 6) is 0.857. The lowest BCUT2D eigenvalue weighted by atomic mass is 10.2. The highest BCUT2D eigenvalue weighted by Gasteiger charge is 2.13. The van der Waals surface area contributed by atoms with Gasteiger partial charge in [0.05, 0.1) is 0 Å². The molecule has 0 amide bonds. The number of aryl methyl sites for hydroxylation is 1. The average Bonchev–Trinajstić information content (AvgIpc) is 2.39. The van der Waals surface area contributed by atoms with Crippen LogP contribution < -0.4 is 4.74 Å². The molecule has 0 fully saturated rings. The molecule has 1 aromatic rings. The zero-order valence-corrected chi connectivity index (χ0v) is 10.9. The molecule has 0 unspecified atom stereocenters. The molecule has 0 spiro atoms. The second-order valence-corrected chi connectivity index (χ2v) is 4.75. The standard InChI is InChI=1S/C15H21NO2/c1-13-7-3-4-8-15(13)18-12-14(17)11-16-9-5-2-6-10-16/h2-5,7-8,14,17H,6,9-12H2,1H3/t14-/m1/s1. The number of hydrogen-bond acceptors (Lipinski definition) is 3. The van der Waals surface area contributed by atoms with Gasteiger partial charge in [0.25, 0.3) is 0 Å². The van der Waals surface area contributed by atoms with Gasteiger partial charge in [-0.15, -0.1) is 0 Å². The number of ether oxygens (including phenoxy) is 1. The molecule has 2 rings (SSSR count). The first-order valence-electron chi connectivity index (χ1n) is 6.49. The van der Waals surface area contributed by atoms with Gasteiger partial charge in [-0.2, -0.15) is 0 Å². The summed E-state index contributed by atoms with van der Waals surface area (Å²) in [6.07, 6.45) is 4.98. The van der Waals surface area contributed by atoms with Crippen molar-refractivity contribution in [2.24, 2.45) is 0 Å². The maximum atomic E-state index is 9.96. The summed E-state index contributed by atoms with van der Waals surface area (Å²) < 4.78 is 5.65. The smallest absolute Gasteiger partial charge is 0.122 e. The van der Waals surface area contributed by atoms with Gasteiger partial charge >= 0.3 is 0 Å². The molecule has 18 heavy (non-hydrogen) atoms. The van der Waals surface area contributed by atoms with Crippen molar-refractivity contribution in [3.8, 4) is 5.75 Å². The van der Waals surface area contributed by atoms with Crippen LogP contribution in [0.25, 0.3) is 0 Å². The van der Waals surface area contributed by atoms with E-state index in [4.69, 9.17) is 4.74 Å². The van der Waals surface area contributed by atoms with Gasteiger partial charge in [-0.25, -0.2) is 0 Å². The Kier molecular flexibility index (Phi) is 4.79. The number of aliphatic hydroxyl groups is 1. The quantitative estimate of drug-likeness (QED) is 0.808. The first-order valence-corrected chi connectivity index (χ1v) is 6.49. The number of nitrogens with zero attached hydrogens (tertiary/aromatic N) is 1. The minimum atomic E-state index is -0.434. The minimum absolute atomic E-state index is 0.352. The second-order valence-electron chi connectivity index (χ2n) is 4.75. The summed E-state index contributed by atoms with van der Waals surface area (Å²) in [7, 11) is 0. The Bertz CT molecular complexity index is 403. The summed E-state index contributed by atoms with van der Waals surface area (Å²) in [6, 6.07) is 7.88. The summed E-state index contributed by atoms with van der Waals surface area (Å²) in [6.45, 7) is 5.00. The van der Waals surface area contributed by atoms with Crippen LogP contribution in [0.4, 0.5) is 0 Å². The Morgan fingerprint density at radius 1 is 1.33 bits per heavy atom. The molecule has 1 aromatic carbocycles. The van der Waals surface area contributed by atoms with Crippen molar-refractivity contribution in [2.75, 3.05) is 26.2 Å². The molecule has 1 N–H and O–H groups in total. The maximum absolute atomic E-state index is 9.96. The molecule has 1 heterocycles.